The molecule has 0 aliphatic carbocycles. The summed E-state index contributed by atoms with van der Waals surface area (Å²) < 4.78 is 11.0. The van der Waals surface area contributed by atoms with Crippen LogP contribution in [0.4, 0.5) is 0 Å². The lowest BCUT2D eigenvalue weighted by Gasteiger charge is -2.16. The minimum atomic E-state index is -0.929. The van der Waals surface area contributed by atoms with E-state index in [2.05, 4.69) is 0 Å². The first kappa shape index (κ1) is 13.7. The average molecular weight is 263 g/mol. The van der Waals surface area contributed by atoms with Crippen molar-refractivity contribution in [1.82, 2.24) is 0 Å². The highest BCUT2D eigenvalue weighted by atomic mass is 35.5. The summed E-state index contributed by atoms with van der Waals surface area (Å²) in [4.78, 5) is 0. The van der Waals surface area contributed by atoms with E-state index in [1.807, 2.05) is 13.8 Å². The number of phenols is 1. The predicted molar refractivity (Wildman–Crippen MR) is 67.0 cm³/mol. The fourth-order valence-corrected chi connectivity index (χ4v) is 2.94. The van der Waals surface area contributed by atoms with Crippen LogP contribution in [-0.4, -0.2) is 18.3 Å². The molecular formula is C11H16ClO3P. The lowest BCUT2D eigenvalue weighted by Crippen LogP contribution is -1.94. The molecule has 0 atom stereocenters. The summed E-state index contributed by atoms with van der Waals surface area (Å²) >= 11 is 6.01. The number of phenolic OH excluding ortho intramolecular Hbond substituents is 1. The van der Waals surface area contributed by atoms with E-state index in [0.29, 0.717) is 24.4 Å². The normalized spacial score (nSPS) is 11.0. The molecule has 0 spiro atoms. The van der Waals surface area contributed by atoms with Crippen molar-refractivity contribution in [3.63, 3.8) is 0 Å². The minimum absolute atomic E-state index is 0.172. The van der Waals surface area contributed by atoms with E-state index >= 15 is 0 Å². The van der Waals surface area contributed by atoms with Gasteiger partial charge in [0.05, 0.1) is 13.2 Å². The average Bonchev–Trinajstić information content (AvgIpc) is 2.23. The Labute approximate surface area is 102 Å². The van der Waals surface area contributed by atoms with Crippen LogP contribution in [0, 0.1) is 0 Å². The van der Waals surface area contributed by atoms with E-state index in [4.69, 9.17) is 20.6 Å². The molecule has 0 saturated heterocycles. The van der Waals surface area contributed by atoms with Gasteiger partial charge in [0.1, 0.15) is 5.75 Å². The molecule has 0 unspecified atom stereocenters. The summed E-state index contributed by atoms with van der Waals surface area (Å²) in [7, 11) is -0.929. The summed E-state index contributed by atoms with van der Waals surface area (Å²) in [5, 5.41) is 9.78. The third-order valence-corrected chi connectivity index (χ3v) is 3.93. The molecule has 1 N–H and O–H groups in total. The van der Waals surface area contributed by atoms with Crippen LogP contribution >= 0.6 is 20.0 Å². The first-order valence-corrected chi connectivity index (χ1v) is 6.92. The Morgan fingerprint density at radius 3 is 2.38 bits per heavy atom. The molecule has 0 aliphatic heterocycles. The van der Waals surface area contributed by atoms with Crippen molar-refractivity contribution in [2.45, 2.75) is 20.0 Å². The summed E-state index contributed by atoms with van der Waals surface area (Å²) in [6, 6.07) is 4.94. The van der Waals surface area contributed by atoms with Gasteiger partial charge in [-0.25, -0.2) is 0 Å². The molecule has 0 radical (unpaired) electrons. The highest BCUT2D eigenvalue weighted by Gasteiger charge is 2.12. The van der Waals surface area contributed by atoms with Gasteiger partial charge in [-0.1, -0.05) is 17.7 Å². The van der Waals surface area contributed by atoms with E-state index in [-0.39, 0.29) is 5.75 Å². The van der Waals surface area contributed by atoms with Crippen molar-refractivity contribution in [3.05, 3.63) is 28.8 Å². The van der Waals surface area contributed by atoms with Gasteiger partial charge in [0.25, 0.3) is 0 Å². The molecule has 0 amide bonds. The Kier molecular flexibility index (Phi) is 6.07. The van der Waals surface area contributed by atoms with Gasteiger partial charge in [-0.3, -0.25) is 0 Å². The standard InChI is InChI=1S/C11H16ClO3P/c1-3-14-16(15-4-2)8-9-5-6-10(13)7-11(9)12/h5-7,13H,3-4,8H2,1-2H3. The molecule has 0 saturated carbocycles. The first-order valence-electron chi connectivity index (χ1n) is 5.18. The zero-order chi connectivity index (χ0) is 12.0. The van der Waals surface area contributed by atoms with Crippen molar-refractivity contribution in [2.24, 2.45) is 0 Å². The number of hydrogen-bond acceptors (Lipinski definition) is 3. The number of benzene rings is 1. The molecule has 0 aliphatic rings. The molecule has 16 heavy (non-hydrogen) atoms. The Morgan fingerprint density at radius 2 is 1.88 bits per heavy atom. The molecule has 1 aromatic rings. The Balaban J connectivity index is 2.68. The van der Waals surface area contributed by atoms with Gasteiger partial charge >= 0.3 is 0 Å². The van der Waals surface area contributed by atoms with Crippen LogP contribution in [-0.2, 0) is 15.2 Å². The van der Waals surface area contributed by atoms with E-state index in [1.165, 1.54) is 6.07 Å². The molecular weight excluding hydrogens is 247 g/mol. The third kappa shape index (κ3) is 4.26. The van der Waals surface area contributed by atoms with Gasteiger partial charge in [0.15, 0.2) is 8.38 Å². The number of rotatable bonds is 6. The highest BCUT2D eigenvalue weighted by molar-refractivity contribution is 7.46. The smallest absolute Gasteiger partial charge is 0.175 e. The number of hydrogen-bond donors (Lipinski definition) is 1. The number of aromatic hydroxyl groups is 1. The lowest BCUT2D eigenvalue weighted by molar-refractivity contribution is 0.268. The SMILES string of the molecule is CCOP(Cc1ccc(O)cc1Cl)OCC. The molecule has 5 heteroatoms. The van der Waals surface area contributed by atoms with Gasteiger partial charge in [-0.2, -0.15) is 0 Å². The van der Waals surface area contributed by atoms with Crippen LogP contribution in [0.1, 0.15) is 19.4 Å². The fraction of sp³-hybridized carbons (Fsp3) is 0.455. The Morgan fingerprint density at radius 1 is 1.25 bits per heavy atom. The molecule has 90 valence electrons. The van der Waals surface area contributed by atoms with Crippen molar-refractivity contribution >= 4 is 20.0 Å². The van der Waals surface area contributed by atoms with Crippen LogP contribution in [0.15, 0.2) is 18.2 Å². The summed E-state index contributed by atoms with van der Waals surface area (Å²) in [6.07, 6.45) is 0.649. The second-order valence-corrected chi connectivity index (χ2v) is 5.01. The zero-order valence-electron chi connectivity index (χ0n) is 9.44. The molecule has 3 nitrogen and oxygen atoms in total. The minimum Gasteiger partial charge on any atom is -0.508 e. The van der Waals surface area contributed by atoms with E-state index < -0.39 is 8.38 Å². The summed E-state index contributed by atoms with van der Waals surface area (Å²) in [5.41, 5.74) is 0.937. The van der Waals surface area contributed by atoms with Crippen LogP contribution in [0.5, 0.6) is 5.75 Å². The van der Waals surface area contributed by atoms with Gasteiger partial charge in [0.2, 0.25) is 0 Å². The zero-order valence-corrected chi connectivity index (χ0v) is 11.1. The van der Waals surface area contributed by atoms with Crippen LogP contribution < -0.4 is 0 Å². The summed E-state index contributed by atoms with van der Waals surface area (Å²) in [6.45, 7) is 5.13. The monoisotopic (exact) mass is 262 g/mol. The largest absolute Gasteiger partial charge is 0.508 e. The molecule has 0 aromatic heterocycles. The quantitative estimate of drug-likeness (QED) is 0.790. The van der Waals surface area contributed by atoms with E-state index in [9.17, 15) is 5.11 Å². The Hall–Kier alpha value is -0.340. The molecule has 0 heterocycles. The van der Waals surface area contributed by atoms with Gasteiger partial charge in [0, 0.05) is 11.2 Å². The fourth-order valence-electron chi connectivity index (χ4n) is 1.22. The highest BCUT2D eigenvalue weighted by Crippen LogP contribution is 2.43. The first-order chi connectivity index (χ1) is 7.67. The third-order valence-electron chi connectivity index (χ3n) is 1.88. The van der Waals surface area contributed by atoms with Crippen LogP contribution in [0.2, 0.25) is 5.02 Å². The topological polar surface area (TPSA) is 38.7 Å². The van der Waals surface area contributed by atoms with Crippen molar-refractivity contribution in [3.8, 4) is 5.75 Å². The maximum atomic E-state index is 9.24. The molecule has 1 aromatic carbocycles. The van der Waals surface area contributed by atoms with Crippen LogP contribution in [0.3, 0.4) is 0 Å². The maximum Gasteiger partial charge on any atom is 0.175 e. The van der Waals surface area contributed by atoms with Crippen molar-refractivity contribution < 1.29 is 14.2 Å². The van der Waals surface area contributed by atoms with Crippen LogP contribution in [0.25, 0.3) is 0 Å². The second-order valence-electron chi connectivity index (χ2n) is 3.10. The second kappa shape index (κ2) is 7.08. The van der Waals surface area contributed by atoms with Gasteiger partial charge < -0.3 is 14.2 Å². The number of halogens is 1. The van der Waals surface area contributed by atoms with E-state index in [0.717, 1.165) is 5.56 Å². The van der Waals surface area contributed by atoms with Crippen molar-refractivity contribution in [1.29, 1.82) is 0 Å². The summed E-state index contributed by atoms with van der Waals surface area (Å²) in [5.74, 6) is 0.172. The molecule has 0 bridgehead atoms. The van der Waals surface area contributed by atoms with E-state index in [1.54, 1.807) is 12.1 Å². The van der Waals surface area contributed by atoms with Crippen molar-refractivity contribution in [2.75, 3.05) is 13.2 Å². The maximum absolute atomic E-state index is 9.24. The van der Waals surface area contributed by atoms with Gasteiger partial charge in [-0.15, -0.1) is 0 Å². The predicted octanol–water partition coefficient (Wildman–Crippen LogP) is 3.93. The van der Waals surface area contributed by atoms with Gasteiger partial charge in [-0.05, 0) is 31.5 Å². The lowest BCUT2D eigenvalue weighted by atomic mass is 10.2. The molecule has 0 fully saturated rings. The Bertz CT molecular complexity index is 327. The molecule has 1 rings (SSSR count).